The lowest BCUT2D eigenvalue weighted by Gasteiger charge is -2.45. The van der Waals surface area contributed by atoms with E-state index in [9.17, 15) is 30.0 Å². The van der Waals surface area contributed by atoms with Gasteiger partial charge in [-0.15, -0.1) is 0 Å². The van der Waals surface area contributed by atoms with Crippen molar-refractivity contribution >= 4 is 12.8 Å². The van der Waals surface area contributed by atoms with Crippen LogP contribution in [0.1, 0.15) is 13.8 Å². The number of carbonyl (C=O) groups is 2. The van der Waals surface area contributed by atoms with E-state index < -0.39 is 61.3 Å². The quantitative estimate of drug-likeness (QED) is 0.259. The van der Waals surface area contributed by atoms with Crippen LogP contribution in [0.3, 0.4) is 0 Å². The smallest absolute Gasteiger partial charge is 0.207 e. The third-order valence-electron chi connectivity index (χ3n) is 4.49. The second-order valence-electron chi connectivity index (χ2n) is 6.14. The molecule has 0 aromatic carbocycles. The first kappa shape index (κ1) is 20.0. The molecule has 2 aliphatic heterocycles. The number of aliphatic hydroxyl groups is 4. The van der Waals surface area contributed by atoms with E-state index in [1.807, 2.05) is 0 Å². The van der Waals surface area contributed by atoms with Crippen LogP contribution in [-0.2, 0) is 23.8 Å². The summed E-state index contributed by atoms with van der Waals surface area (Å²) >= 11 is 0. The van der Waals surface area contributed by atoms with Gasteiger partial charge in [-0.25, -0.2) is 0 Å². The van der Waals surface area contributed by atoms with Crippen LogP contribution in [0.4, 0.5) is 0 Å². The van der Waals surface area contributed by atoms with E-state index in [2.05, 4.69) is 10.6 Å². The molecule has 2 amide bonds. The Kier molecular flexibility index (Phi) is 6.68. The highest BCUT2D eigenvalue weighted by molar-refractivity contribution is 5.47. The van der Waals surface area contributed by atoms with Crippen LogP contribution in [0, 0.1) is 0 Å². The minimum Gasteiger partial charge on any atom is -0.388 e. The monoisotopic (exact) mass is 364 g/mol. The number of aliphatic hydroxyl groups excluding tert-OH is 4. The average molecular weight is 364 g/mol. The summed E-state index contributed by atoms with van der Waals surface area (Å²) in [5.41, 5.74) is 0. The summed E-state index contributed by atoms with van der Waals surface area (Å²) in [4.78, 5) is 21.1. The normalized spacial score (nSPS) is 47.8. The highest BCUT2D eigenvalue weighted by atomic mass is 16.8. The molecule has 0 bridgehead atoms. The van der Waals surface area contributed by atoms with Gasteiger partial charge in [0.25, 0.3) is 0 Å². The Labute approximate surface area is 143 Å². The molecule has 0 spiro atoms. The minimum absolute atomic E-state index is 0.383. The molecule has 11 heteroatoms. The van der Waals surface area contributed by atoms with Gasteiger partial charge in [0, 0.05) is 0 Å². The first-order chi connectivity index (χ1) is 11.8. The maximum absolute atomic E-state index is 10.6. The van der Waals surface area contributed by atoms with Gasteiger partial charge in [0.1, 0.15) is 24.4 Å². The second-order valence-corrected chi connectivity index (χ2v) is 6.14. The molecule has 0 unspecified atom stereocenters. The van der Waals surface area contributed by atoms with E-state index in [1.54, 1.807) is 13.8 Å². The summed E-state index contributed by atoms with van der Waals surface area (Å²) in [6.07, 6.45) is -9.12. The van der Waals surface area contributed by atoms with Crippen molar-refractivity contribution in [3.63, 3.8) is 0 Å². The molecule has 0 aromatic heterocycles. The van der Waals surface area contributed by atoms with Crippen molar-refractivity contribution in [3.05, 3.63) is 0 Å². The van der Waals surface area contributed by atoms with Crippen LogP contribution in [0.2, 0.25) is 0 Å². The lowest BCUT2D eigenvalue weighted by molar-refractivity contribution is -0.356. The van der Waals surface area contributed by atoms with E-state index in [0.717, 1.165) is 0 Å². The van der Waals surface area contributed by atoms with Gasteiger partial charge < -0.3 is 45.3 Å². The zero-order valence-corrected chi connectivity index (χ0v) is 13.8. The number of hydrogen-bond donors (Lipinski definition) is 6. The van der Waals surface area contributed by atoms with Gasteiger partial charge in [0.15, 0.2) is 12.6 Å². The molecule has 2 fully saturated rings. The van der Waals surface area contributed by atoms with Gasteiger partial charge in [-0.1, -0.05) is 0 Å². The molecule has 0 radical (unpaired) electrons. The number of hydrogen-bond acceptors (Lipinski definition) is 9. The van der Waals surface area contributed by atoms with Crippen LogP contribution >= 0.6 is 0 Å². The molecular weight excluding hydrogens is 340 g/mol. The predicted molar refractivity (Wildman–Crippen MR) is 79.8 cm³/mol. The van der Waals surface area contributed by atoms with E-state index in [1.165, 1.54) is 0 Å². The highest BCUT2D eigenvalue weighted by Gasteiger charge is 2.48. The van der Waals surface area contributed by atoms with Crippen molar-refractivity contribution in [3.8, 4) is 0 Å². The fourth-order valence-corrected chi connectivity index (χ4v) is 3.04. The van der Waals surface area contributed by atoms with Crippen LogP contribution < -0.4 is 10.6 Å². The Morgan fingerprint density at radius 2 is 1.12 bits per heavy atom. The maximum Gasteiger partial charge on any atom is 0.207 e. The predicted octanol–water partition coefficient (Wildman–Crippen LogP) is -3.83. The summed E-state index contributed by atoms with van der Waals surface area (Å²) in [6.45, 7) is 3.12. The highest BCUT2D eigenvalue weighted by Crippen LogP contribution is 2.27. The van der Waals surface area contributed by atoms with E-state index in [4.69, 9.17) is 14.2 Å². The lowest BCUT2D eigenvalue weighted by Crippen LogP contribution is -2.65. The standard InChI is InChI=1S/C14H24N2O9/c1-5-7(15-3-17)9(19)11(21)13(23-5)25-14-12(22)10(20)8(16-4-18)6(2)24-14/h3-14,19-22H,1-2H3,(H,15,17)(H,16,18)/t5-,6-,7-,8-,9+,10+,11+,12+,13-,14+/m1/s1. The minimum atomic E-state index is -1.53. The van der Waals surface area contributed by atoms with Crippen molar-refractivity contribution in [2.75, 3.05) is 0 Å². The third-order valence-corrected chi connectivity index (χ3v) is 4.49. The van der Waals surface area contributed by atoms with Crippen LogP contribution in [0.15, 0.2) is 0 Å². The van der Waals surface area contributed by atoms with E-state index in [0.29, 0.717) is 12.8 Å². The molecule has 0 aromatic rings. The number of ether oxygens (including phenoxy) is 3. The van der Waals surface area contributed by atoms with Gasteiger partial charge in [-0.3, -0.25) is 9.59 Å². The van der Waals surface area contributed by atoms with Crippen molar-refractivity contribution in [2.45, 2.75) is 75.1 Å². The van der Waals surface area contributed by atoms with Crippen LogP contribution in [0.5, 0.6) is 0 Å². The van der Waals surface area contributed by atoms with Gasteiger partial charge in [0.05, 0.1) is 24.3 Å². The van der Waals surface area contributed by atoms with Crippen molar-refractivity contribution in [1.82, 2.24) is 10.6 Å². The molecule has 2 saturated heterocycles. The molecule has 6 N–H and O–H groups in total. The van der Waals surface area contributed by atoms with Gasteiger partial charge in [-0.05, 0) is 13.8 Å². The number of nitrogens with one attached hydrogen (secondary N) is 2. The first-order valence-corrected chi connectivity index (χ1v) is 7.89. The van der Waals surface area contributed by atoms with Crippen LogP contribution in [-0.4, -0.2) is 94.5 Å². The summed E-state index contributed by atoms with van der Waals surface area (Å²) in [5, 5.41) is 45.1. The van der Waals surface area contributed by atoms with E-state index in [-0.39, 0.29) is 0 Å². The summed E-state index contributed by atoms with van der Waals surface area (Å²) < 4.78 is 16.3. The molecule has 2 heterocycles. The Hall–Kier alpha value is -1.34. The Balaban J connectivity index is 2.04. The molecule has 2 aliphatic rings. The average Bonchev–Trinajstić information content (AvgIpc) is 2.57. The molecule has 25 heavy (non-hydrogen) atoms. The molecule has 10 atom stereocenters. The zero-order valence-electron chi connectivity index (χ0n) is 13.8. The summed E-state index contributed by atoms with van der Waals surface area (Å²) in [5.74, 6) is 0. The molecular formula is C14H24N2O9. The van der Waals surface area contributed by atoms with Gasteiger partial charge in [-0.2, -0.15) is 0 Å². The number of carbonyl (C=O) groups excluding carboxylic acids is 2. The fourth-order valence-electron chi connectivity index (χ4n) is 3.04. The fraction of sp³-hybridized carbons (Fsp3) is 0.857. The molecule has 0 saturated carbocycles. The first-order valence-electron chi connectivity index (χ1n) is 7.89. The Morgan fingerprint density at radius 1 is 0.760 bits per heavy atom. The maximum atomic E-state index is 10.6. The lowest BCUT2D eigenvalue weighted by atomic mass is 9.96. The number of amides is 2. The van der Waals surface area contributed by atoms with Gasteiger partial charge in [0.2, 0.25) is 12.8 Å². The molecule has 2 rings (SSSR count). The molecule has 0 aliphatic carbocycles. The van der Waals surface area contributed by atoms with E-state index >= 15 is 0 Å². The largest absolute Gasteiger partial charge is 0.388 e. The van der Waals surface area contributed by atoms with Gasteiger partial charge >= 0.3 is 0 Å². The number of rotatable bonds is 6. The third kappa shape index (κ3) is 4.08. The Morgan fingerprint density at radius 3 is 1.44 bits per heavy atom. The SMILES string of the molecule is C[C@H]1O[C@@H](O[C@H]2O[C@H](C)[C@@H](NC=O)[C@H](O)[C@@H]2O)[C@@H](O)[C@@H](O)[C@@H]1NC=O. The van der Waals surface area contributed by atoms with Crippen LogP contribution in [0.25, 0.3) is 0 Å². The Bertz CT molecular complexity index is 428. The zero-order chi connectivity index (χ0) is 18.7. The summed E-state index contributed by atoms with van der Waals surface area (Å²) in [7, 11) is 0. The molecule has 144 valence electrons. The second kappa shape index (κ2) is 8.36. The van der Waals surface area contributed by atoms with Crippen molar-refractivity contribution in [2.24, 2.45) is 0 Å². The molecule has 11 nitrogen and oxygen atoms in total. The topological polar surface area (TPSA) is 167 Å². The van der Waals surface area contributed by atoms with Crippen molar-refractivity contribution in [1.29, 1.82) is 0 Å². The van der Waals surface area contributed by atoms with Crippen molar-refractivity contribution < 1.29 is 44.2 Å². The summed E-state index contributed by atoms with van der Waals surface area (Å²) in [6, 6.07) is -1.68.